The van der Waals surface area contributed by atoms with Gasteiger partial charge in [-0.2, -0.15) is 0 Å². The summed E-state index contributed by atoms with van der Waals surface area (Å²) in [5, 5.41) is 8.32. The van der Waals surface area contributed by atoms with Crippen molar-refractivity contribution in [2.24, 2.45) is 0 Å². The van der Waals surface area contributed by atoms with Crippen LogP contribution >= 0.6 is 0 Å². The van der Waals surface area contributed by atoms with Crippen LogP contribution in [0.15, 0.2) is 11.8 Å². The smallest absolute Gasteiger partial charge is 0.337 e. The zero-order chi connectivity index (χ0) is 5.86. The number of carbonyl (C=O) groups is 1. The minimum Gasteiger partial charge on any atom is -0.512 e. The Kier molecular flexibility index (Phi) is 2.08. The molecule has 0 aromatic carbocycles. The van der Waals surface area contributed by atoms with Crippen LogP contribution in [0.1, 0.15) is 6.92 Å². The normalized spacial score (nSPS) is 11.4. The number of hydrogen-bond donors (Lipinski definition) is 2. The van der Waals surface area contributed by atoms with Gasteiger partial charge < -0.3 is 5.11 Å². The Morgan fingerprint density at radius 2 is 2.29 bits per heavy atom. The van der Waals surface area contributed by atoms with E-state index in [1.165, 1.54) is 6.92 Å². The molecule has 4 N–H and O–H groups in total. The van der Waals surface area contributed by atoms with Crippen LogP contribution in [0, 0.1) is 0 Å². The maximum atomic E-state index is 9.91. The fourth-order valence-corrected chi connectivity index (χ4v) is 0.233. The molecule has 0 aliphatic heterocycles. The van der Waals surface area contributed by atoms with Crippen LogP contribution in [0.5, 0.6) is 0 Å². The van der Waals surface area contributed by atoms with Crippen LogP contribution in [0.2, 0.25) is 0 Å². The first kappa shape index (κ1) is 6.17. The standard InChI is InChI=1S/C4H7NO2/c1-3(6)2-4(5)7/h2,6H,1H3,(H2,5,7)/p+1. The maximum absolute atomic E-state index is 9.91. The van der Waals surface area contributed by atoms with Gasteiger partial charge in [-0.05, 0) is 6.92 Å². The lowest BCUT2D eigenvalue weighted by Crippen LogP contribution is -2.55. The Morgan fingerprint density at radius 1 is 1.86 bits per heavy atom. The fraction of sp³-hybridized carbons (Fsp3) is 0.250. The molecule has 0 aliphatic carbocycles. The lowest BCUT2D eigenvalue weighted by Gasteiger charge is -1.78. The average molecular weight is 102 g/mol. The van der Waals surface area contributed by atoms with Crippen molar-refractivity contribution in [1.29, 1.82) is 0 Å². The zero-order valence-corrected chi connectivity index (χ0v) is 4.14. The topological polar surface area (TPSA) is 64.9 Å². The molecule has 3 heteroatoms. The molecule has 40 valence electrons. The lowest BCUT2D eigenvalue weighted by atomic mass is 10.5. The van der Waals surface area contributed by atoms with E-state index in [1.54, 1.807) is 0 Å². The van der Waals surface area contributed by atoms with Crippen molar-refractivity contribution in [2.75, 3.05) is 0 Å². The van der Waals surface area contributed by atoms with E-state index in [0.717, 1.165) is 6.08 Å². The molecule has 0 atom stereocenters. The molecule has 1 amide bonds. The number of quaternary nitrogens is 1. The maximum Gasteiger partial charge on any atom is 0.337 e. The van der Waals surface area contributed by atoms with Gasteiger partial charge in [0.05, 0.1) is 11.8 Å². The first-order valence-electron chi connectivity index (χ1n) is 1.86. The number of aliphatic hydroxyl groups is 1. The third kappa shape index (κ3) is 5.17. The summed E-state index contributed by atoms with van der Waals surface area (Å²) in [6.07, 6.45) is 1.06. The third-order valence-corrected chi connectivity index (χ3v) is 0.370. The Morgan fingerprint density at radius 3 is 2.29 bits per heavy atom. The summed E-state index contributed by atoms with van der Waals surface area (Å²) in [5.41, 5.74) is 3.00. The molecule has 0 rings (SSSR count). The van der Waals surface area contributed by atoms with E-state index in [2.05, 4.69) is 5.73 Å². The van der Waals surface area contributed by atoms with Crippen LogP contribution in [-0.4, -0.2) is 11.0 Å². The van der Waals surface area contributed by atoms with Crippen molar-refractivity contribution < 1.29 is 15.6 Å². The van der Waals surface area contributed by atoms with Gasteiger partial charge in [-0.1, -0.05) is 0 Å². The number of allylic oxidation sites excluding steroid dienone is 1. The highest BCUT2D eigenvalue weighted by molar-refractivity contribution is 5.77. The largest absolute Gasteiger partial charge is 0.512 e. The second-order valence-corrected chi connectivity index (χ2v) is 1.25. The van der Waals surface area contributed by atoms with E-state index in [1.807, 2.05) is 0 Å². The van der Waals surface area contributed by atoms with Crippen LogP contribution in [0.25, 0.3) is 0 Å². The second kappa shape index (κ2) is 2.36. The van der Waals surface area contributed by atoms with E-state index in [9.17, 15) is 4.79 Å². The molecular formula is C4H8NO2+. The minimum absolute atomic E-state index is 0.000000000000000444. The summed E-state index contributed by atoms with van der Waals surface area (Å²) < 4.78 is 0. The summed E-state index contributed by atoms with van der Waals surface area (Å²) in [6.45, 7) is 1.42. The Bertz CT molecular complexity index is 102. The van der Waals surface area contributed by atoms with Crippen molar-refractivity contribution in [3.05, 3.63) is 11.8 Å². The van der Waals surface area contributed by atoms with Crippen molar-refractivity contribution in [1.82, 2.24) is 0 Å². The van der Waals surface area contributed by atoms with E-state index >= 15 is 0 Å². The predicted octanol–water partition coefficient (Wildman–Crippen LogP) is -0.783. The molecular weight excluding hydrogens is 94.0 g/mol. The van der Waals surface area contributed by atoms with Crippen molar-refractivity contribution in [3.8, 4) is 0 Å². The van der Waals surface area contributed by atoms with Gasteiger partial charge >= 0.3 is 5.91 Å². The SMILES string of the molecule is CC(O)=CC([NH3+])=O. The highest BCUT2D eigenvalue weighted by Crippen LogP contribution is 1.78. The van der Waals surface area contributed by atoms with E-state index in [4.69, 9.17) is 5.11 Å². The lowest BCUT2D eigenvalue weighted by molar-refractivity contribution is -0.297. The number of hydrogen-bond acceptors (Lipinski definition) is 2. The van der Waals surface area contributed by atoms with Gasteiger partial charge in [0.15, 0.2) is 0 Å². The molecule has 0 saturated carbocycles. The molecule has 0 heterocycles. The molecule has 0 saturated heterocycles. The van der Waals surface area contributed by atoms with Crippen molar-refractivity contribution >= 4 is 5.91 Å². The highest BCUT2D eigenvalue weighted by Gasteiger charge is 1.88. The van der Waals surface area contributed by atoms with Gasteiger partial charge in [-0.3, -0.25) is 5.73 Å². The van der Waals surface area contributed by atoms with Crippen LogP contribution in [0.4, 0.5) is 0 Å². The van der Waals surface area contributed by atoms with Gasteiger partial charge in [0.2, 0.25) is 0 Å². The number of amides is 1. The van der Waals surface area contributed by atoms with Crippen LogP contribution in [-0.2, 0) is 4.79 Å². The summed E-state index contributed by atoms with van der Waals surface area (Å²) >= 11 is 0. The molecule has 0 radical (unpaired) electrons. The van der Waals surface area contributed by atoms with Gasteiger partial charge in [-0.15, -0.1) is 0 Å². The van der Waals surface area contributed by atoms with E-state index < -0.39 is 0 Å². The average Bonchev–Trinajstić information content (AvgIpc) is 1.27. The van der Waals surface area contributed by atoms with Gasteiger partial charge in [0.1, 0.15) is 0 Å². The summed E-state index contributed by atoms with van der Waals surface area (Å²) in [5.74, 6) is -0.375. The monoisotopic (exact) mass is 102 g/mol. The quantitative estimate of drug-likeness (QED) is 0.337. The Hall–Kier alpha value is -0.830. The molecule has 0 aliphatic rings. The van der Waals surface area contributed by atoms with Gasteiger partial charge in [0.25, 0.3) is 0 Å². The van der Waals surface area contributed by atoms with E-state index in [-0.39, 0.29) is 11.7 Å². The van der Waals surface area contributed by atoms with Crippen molar-refractivity contribution in [3.63, 3.8) is 0 Å². The minimum atomic E-state index is -0.375. The molecule has 0 aromatic heterocycles. The van der Waals surface area contributed by atoms with E-state index in [0.29, 0.717) is 0 Å². The third-order valence-electron chi connectivity index (χ3n) is 0.370. The molecule has 7 heavy (non-hydrogen) atoms. The molecule has 0 fully saturated rings. The number of aliphatic hydroxyl groups excluding tert-OH is 1. The Balaban J connectivity index is 3.68. The fourth-order valence-electron chi connectivity index (χ4n) is 0.233. The van der Waals surface area contributed by atoms with Crippen LogP contribution in [0.3, 0.4) is 0 Å². The summed E-state index contributed by atoms with van der Waals surface area (Å²) in [6, 6.07) is 0. The van der Waals surface area contributed by atoms with Gasteiger partial charge in [0, 0.05) is 0 Å². The molecule has 0 bridgehead atoms. The highest BCUT2D eigenvalue weighted by atomic mass is 16.3. The second-order valence-electron chi connectivity index (χ2n) is 1.25. The number of carbonyl (C=O) groups excluding carboxylic acids is 1. The summed E-state index contributed by atoms with van der Waals surface area (Å²) in [7, 11) is 0. The summed E-state index contributed by atoms with van der Waals surface area (Å²) in [4.78, 5) is 9.91. The molecule has 0 unspecified atom stereocenters. The predicted molar refractivity (Wildman–Crippen MR) is 24.3 cm³/mol. The first-order chi connectivity index (χ1) is 3.13. The number of rotatable bonds is 1. The first-order valence-corrected chi connectivity index (χ1v) is 1.86. The van der Waals surface area contributed by atoms with Gasteiger partial charge in [-0.25, -0.2) is 4.79 Å². The zero-order valence-electron chi connectivity index (χ0n) is 4.14. The Labute approximate surface area is 41.4 Å². The molecule has 0 spiro atoms. The molecule has 3 nitrogen and oxygen atoms in total. The molecule has 0 aromatic rings. The van der Waals surface area contributed by atoms with Crippen molar-refractivity contribution in [2.45, 2.75) is 6.92 Å². The van der Waals surface area contributed by atoms with Crippen LogP contribution < -0.4 is 5.73 Å².